The maximum absolute atomic E-state index is 12.2. The van der Waals surface area contributed by atoms with Crippen molar-refractivity contribution in [3.05, 3.63) is 63.7 Å². The highest BCUT2D eigenvalue weighted by atomic mass is 16.6. The number of aryl methyl sites for hydroxylation is 2. The van der Waals surface area contributed by atoms with Crippen LogP contribution < -0.4 is 10.6 Å². The van der Waals surface area contributed by atoms with Crippen LogP contribution in [0.2, 0.25) is 0 Å². The van der Waals surface area contributed by atoms with Gasteiger partial charge in [0.2, 0.25) is 0 Å². The van der Waals surface area contributed by atoms with Crippen LogP contribution in [0.3, 0.4) is 0 Å². The first-order valence-corrected chi connectivity index (χ1v) is 8.83. The summed E-state index contributed by atoms with van der Waals surface area (Å²) in [4.78, 5) is 34.6. The number of carbonyl (C=O) groups excluding carboxylic acids is 2. The lowest BCUT2D eigenvalue weighted by Crippen LogP contribution is -2.30. The predicted molar refractivity (Wildman–Crippen MR) is 106 cm³/mol. The molecule has 0 saturated heterocycles. The minimum absolute atomic E-state index is 0.0345. The summed E-state index contributed by atoms with van der Waals surface area (Å²) < 4.78 is 5.14. The standard InChI is InChI=1S/C20H23N3O5/c1-13-8-9-16(14(2)12-13)22-20(25)15(3)28-19(24)10-11-21-17-6-4-5-7-18(17)23(26)27/h4-9,12,15,21H,10-11H2,1-3H3,(H,22,25). The first-order chi connectivity index (χ1) is 13.3. The number of anilines is 2. The Balaban J connectivity index is 1.82. The minimum atomic E-state index is -0.959. The molecule has 0 aliphatic heterocycles. The number of para-hydroxylation sites is 2. The number of hydrogen-bond acceptors (Lipinski definition) is 6. The largest absolute Gasteiger partial charge is 0.452 e. The Morgan fingerprint density at radius 2 is 1.86 bits per heavy atom. The van der Waals surface area contributed by atoms with Gasteiger partial charge in [0, 0.05) is 18.3 Å². The van der Waals surface area contributed by atoms with E-state index in [1.165, 1.54) is 13.0 Å². The van der Waals surface area contributed by atoms with Crippen LogP contribution in [0.5, 0.6) is 0 Å². The fourth-order valence-electron chi connectivity index (χ4n) is 2.58. The topological polar surface area (TPSA) is 111 Å². The third-order valence-electron chi connectivity index (χ3n) is 4.06. The van der Waals surface area contributed by atoms with Gasteiger partial charge in [0.25, 0.3) is 11.6 Å². The highest BCUT2D eigenvalue weighted by Crippen LogP contribution is 2.23. The average molecular weight is 385 g/mol. The summed E-state index contributed by atoms with van der Waals surface area (Å²) in [5.74, 6) is -0.999. The van der Waals surface area contributed by atoms with E-state index < -0.39 is 22.9 Å². The number of carbonyl (C=O) groups is 2. The van der Waals surface area contributed by atoms with E-state index in [1.54, 1.807) is 24.3 Å². The maximum atomic E-state index is 12.2. The lowest BCUT2D eigenvalue weighted by Gasteiger charge is -2.15. The van der Waals surface area contributed by atoms with Gasteiger partial charge >= 0.3 is 5.97 Å². The zero-order valence-corrected chi connectivity index (χ0v) is 16.0. The minimum Gasteiger partial charge on any atom is -0.452 e. The molecule has 0 radical (unpaired) electrons. The molecule has 0 aliphatic rings. The zero-order valence-electron chi connectivity index (χ0n) is 16.0. The molecule has 2 rings (SSSR count). The van der Waals surface area contributed by atoms with Crippen LogP contribution >= 0.6 is 0 Å². The third-order valence-corrected chi connectivity index (χ3v) is 4.06. The second-order valence-electron chi connectivity index (χ2n) is 6.39. The van der Waals surface area contributed by atoms with Crippen molar-refractivity contribution in [1.29, 1.82) is 0 Å². The molecule has 0 bridgehead atoms. The van der Waals surface area contributed by atoms with Crippen molar-refractivity contribution in [3.63, 3.8) is 0 Å². The molecular formula is C20H23N3O5. The molecule has 0 saturated carbocycles. The van der Waals surface area contributed by atoms with Gasteiger partial charge in [-0.1, -0.05) is 29.8 Å². The van der Waals surface area contributed by atoms with Crippen LogP contribution in [-0.4, -0.2) is 29.4 Å². The summed E-state index contributed by atoms with van der Waals surface area (Å²) in [6.45, 7) is 5.48. The van der Waals surface area contributed by atoms with E-state index in [2.05, 4.69) is 10.6 Å². The van der Waals surface area contributed by atoms with Crippen LogP contribution in [0, 0.1) is 24.0 Å². The molecule has 1 unspecified atom stereocenters. The molecule has 2 aromatic carbocycles. The summed E-state index contributed by atoms with van der Waals surface area (Å²) in [7, 11) is 0. The van der Waals surface area contributed by atoms with Gasteiger partial charge in [-0.3, -0.25) is 19.7 Å². The van der Waals surface area contributed by atoms with E-state index in [0.29, 0.717) is 11.4 Å². The van der Waals surface area contributed by atoms with E-state index >= 15 is 0 Å². The van der Waals surface area contributed by atoms with Crippen molar-refractivity contribution in [2.75, 3.05) is 17.2 Å². The number of rotatable bonds is 8. The van der Waals surface area contributed by atoms with Crippen LogP contribution in [-0.2, 0) is 14.3 Å². The highest BCUT2D eigenvalue weighted by Gasteiger charge is 2.19. The van der Waals surface area contributed by atoms with E-state index in [4.69, 9.17) is 4.74 Å². The number of amides is 1. The number of nitrogens with zero attached hydrogens (tertiary/aromatic N) is 1. The van der Waals surface area contributed by atoms with Gasteiger partial charge in [-0.25, -0.2) is 0 Å². The quantitative estimate of drug-likeness (QED) is 0.408. The first kappa shape index (κ1) is 20.9. The molecule has 148 valence electrons. The molecule has 2 N–H and O–H groups in total. The van der Waals surface area contributed by atoms with Gasteiger partial charge < -0.3 is 15.4 Å². The van der Waals surface area contributed by atoms with Crippen LogP contribution in [0.15, 0.2) is 42.5 Å². The SMILES string of the molecule is Cc1ccc(NC(=O)C(C)OC(=O)CCNc2ccccc2[N+](=O)[O-])c(C)c1. The summed E-state index contributed by atoms with van der Waals surface area (Å²) in [5.41, 5.74) is 2.91. The van der Waals surface area contributed by atoms with E-state index in [1.807, 2.05) is 26.0 Å². The van der Waals surface area contributed by atoms with Crippen molar-refractivity contribution in [2.45, 2.75) is 33.3 Å². The molecule has 0 aliphatic carbocycles. The molecule has 8 heteroatoms. The average Bonchev–Trinajstić information content (AvgIpc) is 2.64. The third kappa shape index (κ3) is 5.80. The summed E-state index contributed by atoms with van der Waals surface area (Å²) in [5, 5.41) is 16.5. The van der Waals surface area contributed by atoms with Gasteiger partial charge in [0.15, 0.2) is 6.10 Å². The summed E-state index contributed by atoms with van der Waals surface area (Å²) in [6, 6.07) is 11.8. The van der Waals surface area contributed by atoms with Crippen molar-refractivity contribution in [2.24, 2.45) is 0 Å². The number of ether oxygens (including phenoxy) is 1. The Morgan fingerprint density at radius 1 is 1.14 bits per heavy atom. The normalized spacial score (nSPS) is 11.4. The Labute approximate surface area is 163 Å². The number of nitrogens with one attached hydrogen (secondary N) is 2. The Hall–Kier alpha value is -3.42. The van der Waals surface area contributed by atoms with Gasteiger partial charge in [0.05, 0.1) is 11.3 Å². The molecule has 28 heavy (non-hydrogen) atoms. The Bertz CT molecular complexity index is 882. The summed E-state index contributed by atoms with van der Waals surface area (Å²) >= 11 is 0. The van der Waals surface area contributed by atoms with Gasteiger partial charge in [-0.2, -0.15) is 0 Å². The number of hydrogen-bond donors (Lipinski definition) is 2. The molecule has 0 aromatic heterocycles. The second kappa shape index (κ2) is 9.50. The molecular weight excluding hydrogens is 362 g/mol. The monoisotopic (exact) mass is 385 g/mol. The van der Waals surface area contributed by atoms with Crippen LogP contribution in [0.4, 0.5) is 17.1 Å². The van der Waals surface area contributed by atoms with Crippen molar-refractivity contribution in [1.82, 2.24) is 0 Å². The number of nitro groups is 1. The molecule has 1 amide bonds. The van der Waals surface area contributed by atoms with E-state index in [-0.39, 0.29) is 18.7 Å². The molecule has 8 nitrogen and oxygen atoms in total. The smallest absolute Gasteiger partial charge is 0.308 e. The molecule has 0 fully saturated rings. The van der Waals surface area contributed by atoms with Crippen molar-refractivity contribution < 1.29 is 19.2 Å². The predicted octanol–water partition coefficient (Wildman–Crippen LogP) is 3.58. The van der Waals surface area contributed by atoms with Crippen LogP contribution in [0.25, 0.3) is 0 Å². The molecule has 1 atom stereocenters. The first-order valence-electron chi connectivity index (χ1n) is 8.83. The number of benzene rings is 2. The van der Waals surface area contributed by atoms with Crippen molar-refractivity contribution in [3.8, 4) is 0 Å². The number of nitro benzene ring substituents is 1. The highest BCUT2D eigenvalue weighted by molar-refractivity contribution is 5.95. The zero-order chi connectivity index (χ0) is 20.7. The lowest BCUT2D eigenvalue weighted by atomic mass is 10.1. The Kier molecular flexibility index (Phi) is 7.08. The molecule has 0 heterocycles. The fraction of sp³-hybridized carbons (Fsp3) is 0.300. The fourth-order valence-corrected chi connectivity index (χ4v) is 2.58. The van der Waals surface area contributed by atoms with E-state index in [0.717, 1.165) is 11.1 Å². The van der Waals surface area contributed by atoms with Gasteiger partial charge in [-0.05, 0) is 38.5 Å². The second-order valence-corrected chi connectivity index (χ2v) is 6.39. The molecule has 2 aromatic rings. The maximum Gasteiger partial charge on any atom is 0.308 e. The van der Waals surface area contributed by atoms with Crippen molar-refractivity contribution >= 4 is 28.9 Å². The van der Waals surface area contributed by atoms with Gasteiger partial charge in [0.1, 0.15) is 5.69 Å². The molecule has 0 spiro atoms. The van der Waals surface area contributed by atoms with Gasteiger partial charge in [-0.15, -0.1) is 0 Å². The lowest BCUT2D eigenvalue weighted by molar-refractivity contribution is -0.384. The van der Waals surface area contributed by atoms with E-state index in [9.17, 15) is 19.7 Å². The Morgan fingerprint density at radius 3 is 2.54 bits per heavy atom. The van der Waals surface area contributed by atoms with Crippen LogP contribution in [0.1, 0.15) is 24.5 Å². The number of esters is 1. The summed E-state index contributed by atoms with van der Waals surface area (Å²) in [6.07, 6.45) is -0.994.